The number of rotatable bonds is 2. The molecular weight excluding hydrogens is 278 g/mol. The summed E-state index contributed by atoms with van der Waals surface area (Å²) in [6.45, 7) is 0. The zero-order valence-corrected chi connectivity index (χ0v) is 10.9. The van der Waals surface area contributed by atoms with E-state index in [2.05, 4.69) is 31.4 Å². The highest BCUT2D eigenvalue weighted by atomic mass is 35.5. The van der Waals surface area contributed by atoms with Crippen molar-refractivity contribution in [2.24, 2.45) is 0 Å². The lowest BCUT2D eigenvalue weighted by molar-refractivity contribution is 0.723. The number of hydrogen-bond acceptors (Lipinski definition) is 5. The molecule has 0 amide bonds. The first-order chi connectivity index (χ1) is 9.76. The largest absolute Gasteiger partial charge is 0.342 e. The SMILES string of the molecule is N#CC1=CCC(n2nnc(-c3ncc[nH]3)n2)=CC(Cl)=C1. The molecule has 20 heavy (non-hydrogen) atoms. The van der Waals surface area contributed by atoms with E-state index in [1.54, 1.807) is 30.6 Å². The molecule has 2 aromatic rings. The zero-order valence-electron chi connectivity index (χ0n) is 10.2. The van der Waals surface area contributed by atoms with E-state index < -0.39 is 0 Å². The maximum atomic E-state index is 8.91. The number of hydrogen-bond donors (Lipinski definition) is 1. The van der Waals surface area contributed by atoms with Crippen molar-refractivity contribution in [3.8, 4) is 17.7 Å². The number of nitrogens with zero attached hydrogens (tertiary/aromatic N) is 6. The van der Waals surface area contributed by atoms with Crippen LogP contribution in [-0.4, -0.2) is 30.2 Å². The molecule has 0 unspecified atom stereocenters. The molecule has 0 aromatic carbocycles. The molecule has 0 atom stereocenters. The van der Waals surface area contributed by atoms with E-state index in [0.29, 0.717) is 28.7 Å². The normalized spacial score (nSPS) is 14.9. The molecule has 0 bridgehead atoms. The van der Waals surface area contributed by atoms with Crippen molar-refractivity contribution in [3.63, 3.8) is 0 Å². The van der Waals surface area contributed by atoms with Gasteiger partial charge in [0, 0.05) is 29.4 Å². The van der Waals surface area contributed by atoms with Crippen LogP contribution in [0.4, 0.5) is 0 Å². The number of tetrazole rings is 1. The molecule has 2 aromatic heterocycles. The molecule has 0 saturated carbocycles. The van der Waals surface area contributed by atoms with Gasteiger partial charge in [0.2, 0.25) is 5.82 Å². The molecule has 0 aliphatic heterocycles. The van der Waals surface area contributed by atoms with Gasteiger partial charge in [0.15, 0.2) is 5.82 Å². The minimum Gasteiger partial charge on any atom is -0.342 e. The molecule has 1 N–H and O–H groups in total. The monoisotopic (exact) mass is 285 g/mol. The second kappa shape index (κ2) is 5.11. The van der Waals surface area contributed by atoms with Gasteiger partial charge in [-0.05, 0) is 17.4 Å². The summed E-state index contributed by atoms with van der Waals surface area (Å²) in [6.07, 6.45) is 8.85. The fraction of sp³-hybridized carbons (Fsp3) is 0.0833. The average Bonchev–Trinajstić information content (AvgIpc) is 3.08. The Morgan fingerprint density at radius 1 is 1.40 bits per heavy atom. The predicted octanol–water partition coefficient (Wildman–Crippen LogP) is 1.88. The third-order valence-corrected chi connectivity index (χ3v) is 2.86. The summed E-state index contributed by atoms with van der Waals surface area (Å²) in [4.78, 5) is 8.34. The number of H-pyrrole nitrogens is 1. The summed E-state index contributed by atoms with van der Waals surface area (Å²) in [5.74, 6) is 0.935. The van der Waals surface area contributed by atoms with E-state index in [1.165, 1.54) is 4.80 Å². The number of imidazole rings is 1. The van der Waals surface area contributed by atoms with Gasteiger partial charge in [-0.2, -0.15) is 5.26 Å². The van der Waals surface area contributed by atoms with Gasteiger partial charge in [-0.1, -0.05) is 17.7 Å². The molecule has 1 aliphatic rings. The number of allylic oxidation sites excluding steroid dienone is 6. The standard InChI is InChI=1S/C12H8ClN7/c13-9-5-8(7-14)1-2-10(6-9)20-18-12(17-19-20)11-15-3-4-16-11/h1,3-6H,2H2,(H,15,16). The molecule has 0 saturated heterocycles. The third kappa shape index (κ3) is 2.37. The Balaban J connectivity index is 1.93. The van der Waals surface area contributed by atoms with E-state index in [0.717, 1.165) is 5.70 Å². The number of aromatic amines is 1. The van der Waals surface area contributed by atoms with Crippen LogP contribution in [0.3, 0.4) is 0 Å². The predicted molar refractivity (Wildman–Crippen MR) is 71.9 cm³/mol. The Morgan fingerprint density at radius 2 is 2.30 bits per heavy atom. The summed E-state index contributed by atoms with van der Waals surface area (Å²) in [6, 6.07) is 2.06. The topological polar surface area (TPSA) is 96.1 Å². The minimum absolute atomic E-state index is 0.393. The fourth-order valence-electron chi connectivity index (χ4n) is 1.72. The van der Waals surface area contributed by atoms with Gasteiger partial charge < -0.3 is 4.98 Å². The lowest BCUT2D eigenvalue weighted by Crippen LogP contribution is -2.01. The number of nitrogens with one attached hydrogen (secondary N) is 1. The van der Waals surface area contributed by atoms with Crippen molar-refractivity contribution < 1.29 is 0 Å². The van der Waals surface area contributed by atoms with Crippen molar-refractivity contribution in [2.75, 3.05) is 0 Å². The molecule has 3 rings (SSSR count). The van der Waals surface area contributed by atoms with Crippen molar-refractivity contribution >= 4 is 17.3 Å². The van der Waals surface area contributed by atoms with E-state index in [1.807, 2.05) is 0 Å². The second-order valence-electron chi connectivity index (χ2n) is 3.98. The van der Waals surface area contributed by atoms with E-state index in [9.17, 15) is 0 Å². The van der Waals surface area contributed by atoms with Crippen LogP contribution in [0.5, 0.6) is 0 Å². The third-order valence-electron chi connectivity index (χ3n) is 2.64. The molecule has 0 spiro atoms. The first-order valence-corrected chi connectivity index (χ1v) is 6.12. The van der Waals surface area contributed by atoms with Crippen LogP contribution in [0.25, 0.3) is 17.3 Å². The van der Waals surface area contributed by atoms with Crippen LogP contribution in [0.15, 0.2) is 41.2 Å². The second-order valence-corrected chi connectivity index (χ2v) is 4.42. The van der Waals surface area contributed by atoms with Gasteiger partial charge in [0.1, 0.15) is 0 Å². The lowest BCUT2D eigenvalue weighted by Gasteiger charge is -1.99. The van der Waals surface area contributed by atoms with Crippen LogP contribution >= 0.6 is 11.6 Å². The highest BCUT2D eigenvalue weighted by Crippen LogP contribution is 2.21. The van der Waals surface area contributed by atoms with Crippen LogP contribution in [-0.2, 0) is 0 Å². The van der Waals surface area contributed by atoms with Crippen LogP contribution in [0, 0.1) is 11.3 Å². The number of nitriles is 1. The Labute approximate surface area is 118 Å². The van der Waals surface area contributed by atoms with E-state index >= 15 is 0 Å². The quantitative estimate of drug-likeness (QED) is 0.909. The van der Waals surface area contributed by atoms with Gasteiger partial charge in [0.25, 0.3) is 0 Å². The lowest BCUT2D eigenvalue weighted by atomic mass is 10.2. The van der Waals surface area contributed by atoms with Crippen molar-refractivity contribution in [1.29, 1.82) is 5.26 Å². The van der Waals surface area contributed by atoms with Crippen LogP contribution in [0.2, 0.25) is 0 Å². The Hall–Kier alpha value is -2.72. The Bertz CT molecular complexity index is 758. The highest BCUT2D eigenvalue weighted by Gasteiger charge is 2.12. The first kappa shape index (κ1) is 12.3. The van der Waals surface area contributed by atoms with Crippen molar-refractivity contribution in [3.05, 3.63) is 41.2 Å². The summed E-state index contributed by atoms with van der Waals surface area (Å²) in [5.41, 5.74) is 1.23. The van der Waals surface area contributed by atoms with Gasteiger partial charge >= 0.3 is 0 Å². The zero-order chi connectivity index (χ0) is 13.9. The van der Waals surface area contributed by atoms with Crippen molar-refractivity contribution in [2.45, 2.75) is 6.42 Å². The van der Waals surface area contributed by atoms with Gasteiger partial charge in [-0.3, -0.25) is 0 Å². The molecule has 2 heterocycles. The maximum Gasteiger partial charge on any atom is 0.240 e. The summed E-state index contributed by atoms with van der Waals surface area (Å²) in [7, 11) is 0. The molecule has 98 valence electrons. The number of halogens is 1. The van der Waals surface area contributed by atoms with E-state index in [-0.39, 0.29) is 0 Å². The Morgan fingerprint density at radius 3 is 3.05 bits per heavy atom. The first-order valence-electron chi connectivity index (χ1n) is 5.74. The van der Waals surface area contributed by atoms with Crippen molar-refractivity contribution in [1.82, 2.24) is 30.2 Å². The molecular formula is C12H8ClN7. The maximum absolute atomic E-state index is 8.91. The Kier molecular flexibility index (Phi) is 3.15. The molecule has 7 nitrogen and oxygen atoms in total. The fourth-order valence-corrected chi connectivity index (χ4v) is 1.96. The van der Waals surface area contributed by atoms with Gasteiger partial charge in [0.05, 0.1) is 11.8 Å². The molecule has 8 heteroatoms. The molecule has 1 aliphatic carbocycles. The van der Waals surface area contributed by atoms with Crippen LogP contribution in [0.1, 0.15) is 6.42 Å². The van der Waals surface area contributed by atoms with E-state index in [4.69, 9.17) is 16.9 Å². The number of aromatic nitrogens is 6. The van der Waals surface area contributed by atoms with Gasteiger partial charge in [-0.15, -0.1) is 15.0 Å². The van der Waals surface area contributed by atoms with Gasteiger partial charge in [-0.25, -0.2) is 4.98 Å². The van der Waals surface area contributed by atoms with Crippen LogP contribution < -0.4 is 0 Å². The molecule has 0 radical (unpaired) electrons. The highest BCUT2D eigenvalue weighted by molar-refractivity contribution is 6.31. The summed E-state index contributed by atoms with van der Waals surface area (Å²) in [5, 5.41) is 21.5. The molecule has 0 fully saturated rings. The minimum atomic E-state index is 0.393. The smallest absolute Gasteiger partial charge is 0.240 e. The summed E-state index contributed by atoms with van der Waals surface area (Å²) >= 11 is 6.03. The average molecular weight is 286 g/mol. The summed E-state index contributed by atoms with van der Waals surface area (Å²) < 4.78 is 0.